The molecule has 0 spiro atoms. The van der Waals surface area contributed by atoms with Crippen molar-refractivity contribution in [1.82, 2.24) is 25.5 Å². The fraction of sp³-hybridized carbons (Fsp3) is 0.368. The number of hydrogen-bond donors (Lipinski definition) is 2. The molecule has 1 aromatic heterocycles. The molecule has 0 bridgehead atoms. The molecule has 0 unspecified atom stereocenters. The standard InChI is InChI=1S/C19H23FN6O2/c20-16-6-2-1-5-15(16)17(27)21-7-3-10-24-19(28)26-13-11-25(12-14-26)18-22-8-4-9-23-18/h1-2,4-6,8-9H,3,7,10-14H2,(H,21,27)(H,24,28). The summed E-state index contributed by atoms with van der Waals surface area (Å²) in [7, 11) is 0. The maximum absolute atomic E-state index is 13.5. The minimum Gasteiger partial charge on any atom is -0.352 e. The number of rotatable bonds is 6. The molecule has 2 heterocycles. The van der Waals surface area contributed by atoms with E-state index in [0.29, 0.717) is 51.6 Å². The van der Waals surface area contributed by atoms with Crippen molar-refractivity contribution in [2.45, 2.75) is 6.42 Å². The van der Waals surface area contributed by atoms with Crippen LogP contribution in [0, 0.1) is 5.82 Å². The lowest BCUT2D eigenvalue weighted by Gasteiger charge is -2.34. The molecule has 2 N–H and O–H groups in total. The average molecular weight is 386 g/mol. The first kappa shape index (κ1) is 19.5. The number of anilines is 1. The molecule has 1 aromatic carbocycles. The van der Waals surface area contributed by atoms with Crippen molar-refractivity contribution >= 4 is 17.9 Å². The van der Waals surface area contributed by atoms with Gasteiger partial charge in [0.15, 0.2) is 0 Å². The molecule has 3 amide bonds. The summed E-state index contributed by atoms with van der Waals surface area (Å²) >= 11 is 0. The van der Waals surface area contributed by atoms with Crippen LogP contribution in [0.15, 0.2) is 42.7 Å². The highest BCUT2D eigenvalue weighted by Gasteiger charge is 2.22. The summed E-state index contributed by atoms with van der Waals surface area (Å²) in [5.74, 6) is -0.329. The Morgan fingerprint density at radius 1 is 0.964 bits per heavy atom. The second kappa shape index (κ2) is 9.63. The molecule has 0 saturated carbocycles. The van der Waals surface area contributed by atoms with Crippen LogP contribution in [-0.4, -0.2) is 66.1 Å². The normalized spacial score (nSPS) is 13.9. The van der Waals surface area contributed by atoms with Gasteiger partial charge in [0.2, 0.25) is 5.95 Å². The SMILES string of the molecule is O=C(NCCCNC(=O)N1CCN(c2ncccn2)CC1)c1ccccc1F. The quantitative estimate of drug-likeness (QED) is 0.730. The Labute approximate surface area is 162 Å². The van der Waals surface area contributed by atoms with Crippen LogP contribution < -0.4 is 15.5 Å². The maximum atomic E-state index is 13.5. The molecule has 1 fully saturated rings. The highest BCUT2D eigenvalue weighted by atomic mass is 19.1. The van der Waals surface area contributed by atoms with Crippen molar-refractivity contribution in [3.63, 3.8) is 0 Å². The van der Waals surface area contributed by atoms with Crippen molar-refractivity contribution in [3.8, 4) is 0 Å². The lowest BCUT2D eigenvalue weighted by molar-refractivity contribution is 0.0949. The molecular formula is C19H23FN6O2. The second-order valence-electron chi connectivity index (χ2n) is 6.34. The fourth-order valence-electron chi connectivity index (χ4n) is 2.90. The van der Waals surface area contributed by atoms with E-state index in [9.17, 15) is 14.0 Å². The molecular weight excluding hydrogens is 363 g/mol. The number of hydrogen-bond acceptors (Lipinski definition) is 5. The Hall–Kier alpha value is -3.23. The molecule has 2 aromatic rings. The summed E-state index contributed by atoms with van der Waals surface area (Å²) in [6.07, 6.45) is 3.96. The largest absolute Gasteiger partial charge is 0.352 e. The zero-order valence-electron chi connectivity index (χ0n) is 15.5. The third kappa shape index (κ3) is 5.15. The first-order chi connectivity index (χ1) is 13.6. The van der Waals surface area contributed by atoms with Gasteiger partial charge >= 0.3 is 6.03 Å². The van der Waals surface area contributed by atoms with Gasteiger partial charge in [0.25, 0.3) is 5.91 Å². The molecule has 8 nitrogen and oxygen atoms in total. The van der Waals surface area contributed by atoms with Crippen LogP contribution >= 0.6 is 0 Å². The Morgan fingerprint density at radius 2 is 1.64 bits per heavy atom. The molecule has 1 saturated heterocycles. The zero-order valence-corrected chi connectivity index (χ0v) is 15.5. The minimum atomic E-state index is -0.548. The Kier molecular flexibility index (Phi) is 6.72. The highest BCUT2D eigenvalue weighted by Crippen LogP contribution is 2.09. The molecule has 0 atom stereocenters. The van der Waals surface area contributed by atoms with Crippen LogP contribution in [0.5, 0.6) is 0 Å². The zero-order chi connectivity index (χ0) is 19.8. The van der Waals surface area contributed by atoms with E-state index < -0.39 is 11.7 Å². The summed E-state index contributed by atoms with van der Waals surface area (Å²) in [6, 6.07) is 7.47. The van der Waals surface area contributed by atoms with Gasteiger partial charge in [-0.1, -0.05) is 12.1 Å². The first-order valence-electron chi connectivity index (χ1n) is 9.22. The number of carbonyl (C=O) groups excluding carboxylic acids is 2. The molecule has 148 valence electrons. The number of amides is 3. The van der Waals surface area contributed by atoms with Gasteiger partial charge < -0.3 is 20.4 Å². The van der Waals surface area contributed by atoms with Gasteiger partial charge in [-0.05, 0) is 24.6 Å². The Balaban J connectivity index is 1.32. The van der Waals surface area contributed by atoms with Crippen LogP contribution in [0.2, 0.25) is 0 Å². The number of nitrogens with one attached hydrogen (secondary N) is 2. The van der Waals surface area contributed by atoms with E-state index in [0.717, 1.165) is 0 Å². The van der Waals surface area contributed by atoms with E-state index in [1.54, 1.807) is 29.4 Å². The minimum absolute atomic E-state index is 0.0202. The van der Waals surface area contributed by atoms with Crippen molar-refractivity contribution in [1.29, 1.82) is 0 Å². The maximum Gasteiger partial charge on any atom is 0.317 e. The van der Waals surface area contributed by atoms with Crippen molar-refractivity contribution in [3.05, 3.63) is 54.1 Å². The van der Waals surface area contributed by atoms with Gasteiger partial charge in [0.05, 0.1) is 5.56 Å². The molecule has 0 aliphatic carbocycles. The van der Waals surface area contributed by atoms with E-state index in [1.807, 2.05) is 4.90 Å². The Morgan fingerprint density at radius 3 is 2.36 bits per heavy atom. The van der Waals surface area contributed by atoms with E-state index >= 15 is 0 Å². The lowest BCUT2D eigenvalue weighted by atomic mass is 10.2. The third-order valence-electron chi connectivity index (χ3n) is 4.44. The lowest BCUT2D eigenvalue weighted by Crippen LogP contribution is -2.52. The second-order valence-corrected chi connectivity index (χ2v) is 6.34. The number of nitrogens with zero attached hydrogens (tertiary/aromatic N) is 4. The molecule has 9 heteroatoms. The van der Waals surface area contributed by atoms with Crippen LogP contribution in [-0.2, 0) is 0 Å². The fourth-order valence-corrected chi connectivity index (χ4v) is 2.90. The van der Waals surface area contributed by atoms with Gasteiger partial charge in [-0.3, -0.25) is 4.79 Å². The predicted molar refractivity (Wildman–Crippen MR) is 103 cm³/mol. The smallest absolute Gasteiger partial charge is 0.317 e. The monoisotopic (exact) mass is 386 g/mol. The molecule has 28 heavy (non-hydrogen) atoms. The van der Waals surface area contributed by atoms with Crippen molar-refractivity contribution < 1.29 is 14.0 Å². The van der Waals surface area contributed by atoms with Gasteiger partial charge in [-0.25, -0.2) is 19.2 Å². The van der Waals surface area contributed by atoms with Crippen LogP contribution in [0.1, 0.15) is 16.8 Å². The summed E-state index contributed by atoms with van der Waals surface area (Å²) in [4.78, 5) is 36.4. The van der Waals surface area contributed by atoms with Crippen LogP contribution in [0.4, 0.5) is 15.1 Å². The van der Waals surface area contributed by atoms with E-state index in [-0.39, 0.29) is 11.6 Å². The van der Waals surface area contributed by atoms with E-state index in [2.05, 4.69) is 20.6 Å². The highest BCUT2D eigenvalue weighted by molar-refractivity contribution is 5.94. The number of urea groups is 1. The van der Waals surface area contributed by atoms with Gasteiger partial charge in [-0.15, -0.1) is 0 Å². The molecule has 1 aliphatic heterocycles. The number of benzene rings is 1. The van der Waals surface area contributed by atoms with Crippen molar-refractivity contribution in [2.75, 3.05) is 44.2 Å². The van der Waals surface area contributed by atoms with Gasteiger partial charge in [-0.2, -0.15) is 0 Å². The van der Waals surface area contributed by atoms with E-state index in [1.165, 1.54) is 18.2 Å². The number of aromatic nitrogens is 2. The summed E-state index contributed by atoms with van der Waals surface area (Å²) < 4.78 is 13.5. The summed E-state index contributed by atoms with van der Waals surface area (Å²) in [5.41, 5.74) is 0.0202. The predicted octanol–water partition coefficient (Wildman–Crippen LogP) is 1.27. The molecule has 3 rings (SSSR count). The number of piperazine rings is 1. The summed E-state index contributed by atoms with van der Waals surface area (Å²) in [6.45, 7) is 3.32. The first-order valence-corrected chi connectivity index (χ1v) is 9.22. The van der Waals surface area contributed by atoms with Gasteiger partial charge in [0.1, 0.15) is 5.82 Å². The van der Waals surface area contributed by atoms with Crippen molar-refractivity contribution in [2.24, 2.45) is 0 Å². The Bertz CT molecular complexity index is 796. The van der Waals surface area contributed by atoms with Crippen LogP contribution in [0.25, 0.3) is 0 Å². The van der Waals surface area contributed by atoms with E-state index in [4.69, 9.17) is 0 Å². The number of halogens is 1. The molecule has 1 aliphatic rings. The van der Waals surface area contributed by atoms with Crippen LogP contribution in [0.3, 0.4) is 0 Å². The number of carbonyl (C=O) groups is 2. The molecule has 0 radical (unpaired) electrons. The topological polar surface area (TPSA) is 90.5 Å². The van der Waals surface area contributed by atoms with Gasteiger partial charge in [0, 0.05) is 51.7 Å². The third-order valence-corrected chi connectivity index (χ3v) is 4.44. The summed E-state index contributed by atoms with van der Waals surface area (Å²) in [5, 5.41) is 5.50. The average Bonchev–Trinajstić information content (AvgIpc) is 2.74.